The molecule has 0 aliphatic rings. The van der Waals surface area contributed by atoms with Crippen LogP contribution < -0.4 is 5.73 Å². The van der Waals surface area contributed by atoms with Gasteiger partial charge in [-0.3, -0.25) is 4.90 Å². The van der Waals surface area contributed by atoms with E-state index in [1.54, 1.807) is 0 Å². The van der Waals surface area contributed by atoms with Crippen molar-refractivity contribution in [2.24, 2.45) is 5.73 Å². The van der Waals surface area contributed by atoms with Gasteiger partial charge >= 0.3 is 0 Å². The summed E-state index contributed by atoms with van der Waals surface area (Å²) < 4.78 is 0. The van der Waals surface area contributed by atoms with Gasteiger partial charge in [-0.25, -0.2) is 0 Å². The van der Waals surface area contributed by atoms with Crippen molar-refractivity contribution in [3.63, 3.8) is 0 Å². The van der Waals surface area contributed by atoms with Crippen LogP contribution in [0.3, 0.4) is 0 Å². The minimum Gasteiger partial charge on any atom is -0.326 e. The maximum absolute atomic E-state index is 6.15. The van der Waals surface area contributed by atoms with E-state index in [4.69, 9.17) is 17.3 Å². The van der Waals surface area contributed by atoms with Crippen molar-refractivity contribution in [1.82, 2.24) is 4.90 Å². The molecule has 17 heavy (non-hydrogen) atoms. The smallest absolute Gasteiger partial charge is 0.0499 e. The molecule has 2 unspecified atom stereocenters. The molecule has 2 atom stereocenters. The van der Waals surface area contributed by atoms with Gasteiger partial charge in [-0.1, -0.05) is 30.7 Å². The molecule has 0 bridgehead atoms. The van der Waals surface area contributed by atoms with Crippen molar-refractivity contribution in [2.45, 2.75) is 45.8 Å². The highest BCUT2D eigenvalue weighted by Crippen LogP contribution is 2.27. The Bertz CT molecular complexity index is 350. The molecule has 0 aliphatic carbocycles. The molecule has 0 spiro atoms. The average molecular weight is 255 g/mol. The molecule has 0 fully saturated rings. The minimum absolute atomic E-state index is 0.0795. The van der Waals surface area contributed by atoms with E-state index in [1.165, 1.54) is 5.56 Å². The van der Waals surface area contributed by atoms with Gasteiger partial charge in [-0.15, -0.1) is 0 Å². The summed E-state index contributed by atoms with van der Waals surface area (Å²) in [4.78, 5) is 2.40. The number of hydrogen-bond acceptors (Lipinski definition) is 2. The lowest BCUT2D eigenvalue weighted by Crippen LogP contribution is -2.43. The highest BCUT2D eigenvalue weighted by Gasteiger charge is 2.24. The molecule has 0 amide bonds. The molecule has 96 valence electrons. The number of hydrogen-bond donors (Lipinski definition) is 1. The SMILES string of the molecule is CCN(C(C)C)C(c1cccc(Cl)c1)C(C)N. The summed E-state index contributed by atoms with van der Waals surface area (Å²) in [6.07, 6.45) is 0. The van der Waals surface area contributed by atoms with Crippen LogP contribution in [-0.2, 0) is 0 Å². The van der Waals surface area contributed by atoms with Crippen LogP contribution in [0.2, 0.25) is 5.02 Å². The standard InChI is InChI=1S/C14H23ClN2/c1-5-17(10(2)3)14(11(4)16)12-7-6-8-13(15)9-12/h6-11,14H,5,16H2,1-4H3. The van der Waals surface area contributed by atoms with Gasteiger partial charge in [0, 0.05) is 23.1 Å². The molecular weight excluding hydrogens is 232 g/mol. The first-order valence-electron chi connectivity index (χ1n) is 6.24. The first-order valence-corrected chi connectivity index (χ1v) is 6.62. The Morgan fingerprint density at radius 2 is 1.94 bits per heavy atom. The van der Waals surface area contributed by atoms with Crippen molar-refractivity contribution in [2.75, 3.05) is 6.54 Å². The third kappa shape index (κ3) is 3.70. The number of halogens is 1. The van der Waals surface area contributed by atoms with E-state index in [1.807, 2.05) is 18.2 Å². The number of nitrogens with zero attached hydrogens (tertiary/aromatic N) is 1. The molecule has 0 heterocycles. The number of rotatable bonds is 5. The van der Waals surface area contributed by atoms with Gasteiger partial charge in [0.05, 0.1) is 0 Å². The molecule has 1 aromatic carbocycles. The Labute approximate surface area is 110 Å². The fourth-order valence-electron chi connectivity index (χ4n) is 2.37. The fraction of sp³-hybridized carbons (Fsp3) is 0.571. The average Bonchev–Trinajstić information content (AvgIpc) is 2.24. The van der Waals surface area contributed by atoms with Crippen molar-refractivity contribution >= 4 is 11.6 Å². The molecule has 2 N–H and O–H groups in total. The van der Waals surface area contributed by atoms with Crippen LogP contribution in [0.15, 0.2) is 24.3 Å². The van der Waals surface area contributed by atoms with Crippen molar-refractivity contribution < 1.29 is 0 Å². The van der Waals surface area contributed by atoms with E-state index in [-0.39, 0.29) is 12.1 Å². The summed E-state index contributed by atoms with van der Waals surface area (Å²) in [7, 11) is 0. The molecule has 1 aromatic rings. The van der Waals surface area contributed by atoms with Crippen LogP contribution in [-0.4, -0.2) is 23.5 Å². The van der Waals surface area contributed by atoms with E-state index in [0.717, 1.165) is 11.6 Å². The lowest BCUT2D eigenvalue weighted by Gasteiger charge is -2.36. The van der Waals surface area contributed by atoms with Crippen LogP contribution in [0.5, 0.6) is 0 Å². The van der Waals surface area contributed by atoms with E-state index >= 15 is 0 Å². The monoisotopic (exact) mass is 254 g/mol. The summed E-state index contributed by atoms with van der Waals surface area (Å²) in [5, 5.41) is 0.771. The van der Waals surface area contributed by atoms with Crippen molar-refractivity contribution in [3.8, 4) is 0 Å². The molecular formula is C14H23ClN2. The third-order valence-corrected chi connectivity index (χ3v) is 3.31. The maximum atomic E-state index is 6.15. The predicted octanol–water partition coefficient (Wildman–Crippen LogP) is 3.46. The Morgan fingerprint density at radius 3 is 2.35 bits per heavy atom. The lowest BCUT2D eigenvalue weighted by atomic mass is 9.98. The zero-order valence-electron chi connectivity index (χ0n) is 11.2. The molecule has 0 saturated heterocycles. The van der Waals surface area contributed by atoms with Gasteiger partial charge in [-0.2, -0.15) is 0 Å². The fourth-order valence-corrected chi connectivity index (χ4v) is 2.57. The summed E-state index contributed by atoms with van der Waals surface area (Å²) in [6, 6.07) is 8.77. The molecule has 0 radical (unpaired) electrons. The Balaban J connectivity index is 3.08. The lowest BCUT2D eigenvalue weighted by molar-refractivity contribution is 0.144. The van der Waals surface area contributed by atoms with E-state index in [9.17, 15) is 0 Å². The number of nitrogens with two attached hydrogens (primary N) is 1. The van der Waals surface area contributed by atoms with Crippen LogP contribution in [0.1, 0.15) is 39.3 Å². The number of likely N-dealkylation sites (N-methyl/N-ethyl adjacent to an activating group) is 1. The molecule has 0 saturated carbocycles. The van der Waals surface area contributed by atoms with Crippen LogP contribution in [0.25, 0.3) is 0 Å². The Morgan fingerprint density at radius 1 is 1.29 bits per heavy atom. The van der Waals surface area contributed by atoms with Gasteiger partial charge in [-0.05, 0) is 45.0 Å². The van der Waals surface area contributed by atoms with Crippen LogP contribution in [0.4, 0.5) is 0 Å². The number of benzene rings is 1. The zero-order valence-corrected chi connectivity index (χ0v) is 11.9. The third-order valence-electron chi connectivity index (χ3n) is 3.07. The van der Waals surface area contributed by atoms with Gasteiger partial charge in [0.1, 0.15) is 0 Å². The van der Waals surface area contributed by atoms with Crippen molar-refractivity contribution in [3.05, 3.63) is 34.9 Å². The van der Waals surface area contributed by atoms with E-state index in [0.29, 0.717) is 6.04 Å². The molecule has 0 aromatic heterocycles. The van der Waals surface area contributed by atoms with Crippen LogP contribution >= 0.6 is 11.6 Å². The molecule has 2 nitrogen and oxygen atoms in total. The molecule has 3 heteroatoms. The molecule has 0 aliphatic heterocycles. The first kappa shape index (κ1) is 14.5. The van der Waals surface area contributed by atoms with Crippen molar-refractivity contribution in [1.29, 1.82) is 0 Å². The predicted molar refractivity (Wildman–Crippen MR) is 75.4 cm³/mol. The Hall–Kier alpha value is -0.570. The second-order valence-corrected chi connectivity index (χ2v) is 5.22. The van der Waals surface area contributed by atoms with Gasteiger partial charge in [0.15, 0.2) is 0 Å². The zero-order chi connectivity index (χ0) is 13.0. The molecule has 1 rings (SSSR count). The summed E-state index contributed by atoms with van der Waals surface area (Å²) in [5.74, 6) is 0. The highest BCUT2D eigenvalue weighted by atomic mass is 35.5. The topological polar surface area (TPSA) is 29.3 Å². The second kappa shape index (κ2) is 6.39. The summed E-state index contributed by atoms with van der Waals surface area (Å²) in [5.41, 5.74) is 7.35. The van der Waals surface area contributed by atoms with E-state index < -0.39 is 0 Å². The van der Waals surface area contributed by atoms with E-state index in [2.05, 4.69) is 38.7 Å². The first-order chi connectivity index (χ1) is 7.97. The normalized spacial score (nSPS) is 15.3. The second-order valence-electron chi connectivity index (χ2n) is 4.78. The summed E-state index contributed by atoms with van der Waals surface area (Å²) >= 11 is 6.06. The Kier molecular flexibility index (Phi) is 5.44. The maximum Gasteiger partial charge on any atom is 0.0499 e. The minimum atomic E-state index is 0.0795. The largest absolute Gasteiger partial charge is 0.326 e. The summed E-state index contributed by atoms with van der Waals surface area (Å²) in [6.45, 7) is 9.60. The van der Waals surface area contributed by atoms with Gasteiger partial charge < -0.3 is 5.73 Å². The highest BCUT2D eigenvalue weighted by molar-refractivity contribution is 6.30. The van der Waals surface area contributed by atoms with Gasteiger partial charge in [0.25, 0.3) is 0 Å². The van der Waals surface area contributed by atoms with Gasteiger partial charge in [0.2, 0.25) is 0 Å². The van der Waals surface area contributed by atoms with Crippen LogP contribution in [0, 0.1) is 0 Å². The quantitative estimate of drug-likeness (QED) is 0.872.